The number of alkyl halides is 2. The maximum atomic E-state index is 12.3. The van der Waals surface area contributed by atoms with E-state index in [9.17, 15) is 18.4 Å². The number of carbonyl (C=O) groups excluding carboxylic acids is 2. The van der Waals surface area contributed by atoms with E-state index in [1.165, 1.54) is 12.1 Å². The van der Waals surface area contributed by atoms with Crippen molar-refractivity contribution in [2.24, 2.45) is 5.73 Å². The van der Waals surface area contributed by atoms with Gasteiger partial charge in [-0.15, -0.1) is 0 Å². The van der Waals surface area contributed by atoms with E-state index in [1.54, 1.807) is 60.7 Å². The number of carbonyl (C=O) groups is 2. The van der Waals surface area contributed by atoms with E-state index in [0.29, 0.717) is 35.6 Å². The third-order valence-electron chi connectivity index (χ3n) is 4.34. The van der Waals surface area contributed by atoms with Crippen molar-refractivity contribution in [3.63, 3.8) is 0 Å². The van der Waals surface area contributed by atoms with Crippen LogP contribution in [-0.4, -0.2) is 25.0 Å². The van der Waals surface area contributed by atoms with E-state index in [1.807, 2.05) is 0 Å². The number of amides is 2. The van der Waals surface area contributed by atoms with E-state index in [-0.39, 0.29) is 11.7 Å². The molecule has 6 nitrogen and oxygen atoms in total. The maximum Gasteiger partial charge on any atom is 0.387 e. The molecule has 0 radical (unpaired) electrons. The van der Waals surface area contributed by atoms with Gasteiger partial charge in [0.05, 0.1) is 0 Å². The lowest BCUT2D eigenvalue weighted by Crippen LogP contribution is -2.25. The molecule has 0 unspecified atom stereocenters. The van der Waals surface area contributed by atoms with Crippen molar-refractivity contribution >= 4 is 11.8 Å². The minimum atomic E-state index is -2.86. The van der Waals surface area contributed by atoms with Crippen molar-refractivity contribution in [3.8, 4) is 17.2 Å². The summed E-state index contributed by atoms with van der Waals surface area (Å²) in [5.41, 5.74) is 6.94. The molecule has 3 rings (SSSR count). The molecule has 0 fully saturated rings. The number of hydrogen-bond donors (Lipinski definition) is 2. The Balaban J connectivity index is 1.48. The third kappa shape index (κ3) is 6.53. The fourth-order valence-corrected chi connectivity index (χ4v) is 2.76. The van der Waals surface area contributed by atoms with Crippen LogP contribution in [0.15, 0.2) is 72.8 Å². The minimum Gasteiger partial charge on any atom is -0.457 e. The highest BCUT2D eigenvalue weighted by atomic mass is 19.3. The number of hydrogen-bond acceptors (Lipinski definition) is 4. The van der Waals surface area contributed by atoms with Crippen molar-refractivity contribution in [1.29, 1.82) is 0 Å². The molecule has 0 aliphatic rings. The molecule has 0 saturated carbocycles. The largest absolute Gasteiger partial charge is 0.457 e. The van der Waals surface area contributed by atoms with Gasteiger partial charge in [-0.25, -0.2) is 0 Å². The van der Waals surface area contributed by atoms with Gasteiger partial charge in [-0.1, -0.05) is 12.1 Å². The summed E-state index contributed by atoms with van der Waals surface area (Å²) in [7, 11) is 0. The third-order valence-corrected chi connectivity index (χ3v) is 4.34. The number of ether oxygens (including phenoxy) is 2. The molecular formula is C23H20F2N2O4. The normalized spacial score (nSPS) is 10.5. The lowest BCUT2D eigenvalue weighted by atomic mass is 10.1. The predicted molar refractivity (Wildman–Crippen MR) is 111 cm³/mol. The molecular weight excluding hydrogens is 406 g/mol. The number of halogens is 2. The van der Waals surface area contributed by atoms with E-state index in [2.05, 4.69) is 10.1 Å². The van der Waals surface area contributed by atoms with Gasteiger partial charge in [0.25, 0.3) is 5.91 Å². The van der Waals surface area contributed by atoms with Crippen molar-refractivity contribution in [1.82, 2.24) is 5.32 Å². The summed E-state index contributed by atoms with van der Waals surface area (Å²) >= 11 is 0. The van der Waals surface area contributed by atoms with Crippen LogP contribution >= 0.6 is 0 Å². The molecule has 8 heteroatoms. The fraction of sp³-hybridized carbons (Fsp3) is 0.130. The SMILES string of the molecule is NC(=O)c1ccc(Oc2ccc(C(=O)NCCc3ccc(OC(F)F)cc3)cc2)cc1. The average molecular weight is 426 g/mol. The molecule has 0 aliphatic carbocycles. The summed E-state index contributed by atoms with van der Waals surface area (Å²) in [4.78, 5) is 23.4. The van der Waals surface area contributed by atoms with Gasteiger partial charge in [0.2, 0.25) is 5.91 Å². The highest BCUT2D eigenvalue weighted by Crippen LogP contribution is 2.22. The van der Waals surface area contributed by atoms with Gasteiger partial charge < -0.3 is 20.5 Å². The molecule has 0 aliphatic heterocycles. The first-order valence-electron chi connectivity index (χ1n) is 9.40. The Morgan fingerprint density at radius 2 is 1.32 bits per heavy atom. The van der Waals surface area contributed by atoms with Gasteiger partial charge in [0.15, 0.2) is 0 Å². The Bertz CT molecular complexity index is 1020. The lowest BCUT2D eigenvalue weighted by Gasteiger charge is -2.09. The Morgan fingerprint density at radius 3 is 1.84 bits per heavy atom. The Labute approximate surface area is 177 Å². The molecule has 0 saturated heterocycles. The molecule has 0 aromatic heterocycles. The summed E-state index contributed by atoms with van der Waals surface area (Å²) < 4.78 is 34.3. The second kappa shape index (κ2) is 10.2. The Morgan fingerprint density at radius 1 is 0.806 bits per heavy atom. The van der Waals surface area contributed by atoms with Gasteiger partial charge >= 0.3 is 6.61 Å². The second-order valence-corrected chi connectivity index (χ2v) is 6.54. The van der Waals surface area contributed by atoms with Crippen LogP contribution in [0.2, 0.25) is 0 Å². The highest BCUT2D eigenvalue weighted by molar-refractivity contribution is 5.94. The van der Waals surface area contributed by atoms with Gasteiger partial charge in [0, 0.05) is 17.7 Å². The predicted octanol–water partition coefficient (Wildman–Crippen LogP) is 4.15. The molecule has 0 bridgehead atoms. The van der Waals surface area contributed by atoms with Crippen molar-refractivity contribution < 1.29 is 27.8 Å². The zero-order valence-electron chi connectivity index (χ0n) is 16.4. The standard InChI is InChI=1S/C23H20F2N2O4/c24-23(25)31-20-7-1-15(2-8-20)13-14-27-22(29)17-5-11-19(12-6-17)30-18-9-3-16(4-10-18)21(26)28/h1-12,23H,13-14H2,(H2,26,28)(H,27,29). The molecule has 31 heavy (non-hydrogen) atoms. The molecule has 3 N–H and O–H groups in total. The molecule has 160 valence electrons. The lowest BCUT2D eigenvalue weighted by molar-refractivity contribution is -0.0498. The minimum absolute atomic E-state index is 0.0916. The van der Waals surface area contributed by atoms with E-state index in [4.69, 9.17) is 10.5 Å². The zero-order valence-corrected chi connectivity index (χ0v) is 16.4. The number of benzene rings is 3. The van der Waals surface area contributed by atoms with Crippen LogP contribution in [0.3, 0.4) is 0 Å². The van der Waals surface area contributed by atoms with Crippen molar-refractivity contribution in [3.05, 3.63) is 89.5 Å². The van der Waals surface area contributed by atoms with Crippen LogP contribution in [-0.2, 0) is 6.42 Å². The summed E-state index contributed by atoms with van der Waals surface area (Å²) in [5, 5.41) is 2.81. The number of nitrogens with one attached hydrogen (secondary N) is 1. The summed E-state index contributed by atoms with van der Waals surface area (Å²) in [6, 6.07) is 19.3. The van der Waals surface area contributed by atoms with Crippen LogP contribution < -0.4 is 20.5 Å². The molecule has 0 heterocycles. The van der Waals surface area contributed by atoms with Crippen LogP contribution in [0.5, 0.6) is 17.2 Å². The molecule has 2 amide bonds. The highest BCUT2D eigenvalue weighted by Gasteiger charge is 2.07. The van der Waals surface area contributed by atoms with E-state index in [0.717, 1.165) is 5.56 Å². The van der Waals surface area contributed by atoms with Gasteiger partial charge in [0.1, 0.15) is 17.2 Å². The number of rotatable bonds is 9. The van der Waals surface area contributed by atoms with Gasteiger partial charge in [-0.05, 0) is 72.6 Å². The summed E-state index contributed by atoms with van der Waals surface area (Å²) in [6.45, 7) is -2.47. The van der Waals surface area contributed by atoms with Gasteiger partial charge in [-0.3, -0.25) is 9.59 Å². The molecule has 0 spiro atoms. The Hall–Kier alpha value is -3.94. The molecule has 0 atom stereocenters. The second-order valence-electron chi connectivity index (χ2n) is 6.54. The average Bonchev–Trinajstić information content (AvgIpc) is 2.75. The quantitative estimate of drug-likeness (QED) is 0.538. The smallest absolute Gasteiger partial charge is 0.387 e. The first-order valence-corrected chi connectivity index (χ1v) is 9.40. The topological polar surface area (TPSA) is 90.7 Å². The van der Waals surface area contributed by atoms with Crippen LogP contribution in [0.4, 0.5) is 8.78 Å². The molecule has 3 aromatic rings. The van der Waals surface area contributed by atoms with E-state index < -0.39 is 12.5 Å². The monoisotopic (exact) mass is 426 g/mol. The van der Waals surface area contributed by atoms with Crippen LogP contribution in [0.25, 0.3) is 0 Å². The van der Waals surface area contributed by atoms with E-state index >= 15 is 0 Å². The number of primary amides is 1. The Kier molecular flexibility index (Phi) is 7.16. The summed E-state index contributed by atoms with van der Waals surface area (Å²) in [6.07, 6.45) is 0.545. The first-order chi connectivity index (χ1) is 14.9. The summed E-state index contributed by atoms with van der Waals surface area (Å²) in [5.74, 6) is 0.408. The molecule has 3 aromatic carbocycles. The van der Waals surface area contributed by atoms with Crippen LogP contribution in [0, 0.1) is 0 Å². The van der Waals surface area contributed by atoms with Crippen molar-refractivity contribution in [2.45, 2.75) is 13.0 Å². The van der Waals surface area contributed by atoms with Gasteiger partial charge in [-0.2, -0.15) is 8.78 Å². The zero-order chi connectivity index (χ0) is 22.2. The fourth-order valence-electron chi connectivity index (χ4n) is 2.76. The van der Waals surface area contributed by atoms with Crippen LogP contribution in [0.1, 0.15) is 26.3 Å². The first kappa shape index (κ1) is 21.8. The maximum absolute atomic E-state index is 12.3. The van der Waals surface area contributed by atoms with Crippen molar-refractivity contribution in [2.75, 3.05) is 6.54 Å². The number of nitrogens with two attached hydrogens (primary N) is 1.